The Hall–Kier alpha value is 0.0464. The first-order chi connectivity index (χ1) is 3.70. The molecule has 0 spiro atoms. The van der Waals surface area contributed by atoms with Crippen LogP contribution in [-0.4, -0.2) is 4.19 Å². The molecular formula is C6H9NOs. The van der Waals surface area contributed by atoms with Crippen LogP contribution in [0.3, 0.4) is 0 Å². The summed E-state index contributed by atoms with van der Waals surface area (Å²) in [5.41, 5.74) is 1.17. The Morgan fingerprint density at radius 3 is 2.62 bits per heavy atom. The Balaban J connectivity index is 2.64. The molecule has 1 rings (SSSR count). The summed E-state index contributed by atoms with van der Waals surface area (Å²) in [4.78, 5) is 0. The van der Waals surface area contributed by atoms with Gasteiger partial charge in [-0.1, -0.05) is 0 Å². The summed E-state index contributed by atoms with van der Waals surface area (Å²) in [6, 6.07) is 0. The molecule has 0 aliphatic carbocycles. The molecule has 0 amide bonds. The van der Waals surface area contributed by atoms with Crippen molar-refractivity contribution in [3.05, 3.63) is 12.3 Å². The van der Waals surface area contributed by atoms with Crippen LogP contribution in [0.1, 0.15) is 13.3 Å². The summed E-state index contributed by atoms with van der Waals surface area (Å²) in [6.07, 6.45) is 1.12. The molecule has 1 aliphatic heterocycles. The van der Waals surface area contributed by atoms with Crippen LogP contribution < -0.4 is 5.32 Å². The van der Waals surface area contributed by atoms with Gasteiger partial charge in [0.05, 0.1) is 0 Å². The quantitative estimate of drug-likeness (QED) is 0.694. The molecule has 1 atom stereocenters. The van der Waals surface area contributed by atoms with E-state index in [1.54, 1.807) is 0 Å². The first kappa shape index (κ1) is 6.17. The van der Waals surface area contributed by atoms with Crippen LogP contribution in [0.2, 0.25) is 0 Å². The molecule has 46 valence electrons. The van der Waals surface area contributed by atoms with E-state index in [4.69, 9.17) is 0 Å². The fourth-order valence-electron chi connectivity index (χ4n) is 0.796. The maximum absolute atomic E-state index is 3.83. The molecule has 1 N–H and O–H groups in total. The number of rotatable bonds is 0. The fourth-order valence-corrected chi connectivity index (χ4v) is 1.50. The summed E-state index contributed by atoms with van der Waals surface area (Å²) >= 11 is 1.93. The molecule has 0 saturated carbocycles. The molecule has 1 unspecified atom stereocenters. The van der Waals surface area contributed by atoms with Gasteiger partial charge in [0.1, 0.15) is 0 Å². The minimum atomic E-state index is 0.709. The molecule has 8 heavy (non-hydrogen) atoms. The van der Waals surface area contributed by atoms with Crippen LogP contribution in [0.25, 0.3) is 0 Å². The fraction of sp³-hybridized carbons (Fsp3) is 0.500. The van der Waals surface area contributed by atoms with Gasteiger partial charge < -0.3 is 0 Å². The van der Waals surface area contributed by atoms with Gasteiger partial charge in [-0.15, -0.1) is 0 Å². The Kier molecular flexibility index (Phi) is 1.63. The molecular weight excluding hydrogens is 276 g/mol. The van der Waals surface area contributed by atoms with E-state index in [-0.39, 0.29) is 0 Å². The van der Waals surface area contributed by atoms with Gasteiger partial charge in [0.15, 0.2) is 0 Å². The summed E-state index contributed by atoms with van der Waals surface area (Å²) in [5, 5.41) is 3.20. The first-order valence-electron chi connectivity index (χ1n) is 2.66. The van der Waals surface area contributed by atoms with Gasteiger partial charge in [-0.2, -0.15) is 0 Å². The summed E-state index contributed by atoms with van der Waals surface area (Å²) in [5.74, 6) is 0.709. The zero-order valence-electron chi connectivity index (χ0n) is 4.85. The van der Waals surface area contributed by atoms with Crippen molar-refractivity contribution in [2.45, 2.75) is 13.3 Å². The average Bonchev–Trinajstić information content (AvgIpc) is 1.85. The van der Waals surface area contributed by atoms with E-state index in [1.807, 2.05) is 18.1 Å². The minimum absolute atomic E-state index is 0.709. The van der Waals surface area contributed by atoms with Crippen molar-refractivity contribution in [3.8, 4) is 0 Å². The van der Waals surface area contributed by atoms with Gasteiger partial charge >= 0.3 is 59.2 Å². The van der Waals surface area contributed by atoms with Crippen LogP contribution in [0.5, 0.6) is 0 Å². The van der Waals surface area contributed by atoms with Gasteiger partial charge in [0, 0.05) is 0 Å². The molecule has 0 aromatic carbocycles. The number of hydrogen-bond acceptors (Lipinski definition) is 1. The Morgan fingerprint density at radius 2 is 2.50 bits per heavy atom. The molecule has 1 fully saturated rings. The molecule has 0 aromatic rings. The number of hydrogen-bond donors (Lipinski definition) is 1. The molecule has 1 aliphatic rings. The molecule has 1 nitrogen and oxygen atoms in total. The van der Waals surface area contributed by atoms with E-state index in [0.717, 1.165) is 6.42 Å². The summed E-state index contributed by atoms with van der Waals surface area (Å²) in [6.45, 7) is 6.04. The van der Waals surface area contributed by atoms with E-state index in [9.17, 15) is 0 Å². The van der Waals surface area contributed by atoms with E-state index in [2.05, 4.69) is 18.8 Å². The topological polar surface area (TPSA) is 12.0 Å². The van der Waals surface area contributed by atoms with Crippen LogP contribution in [-0.2, 0) is 18.1 Å². The van der Waals surface area contributed by atoms with Gasteiger partial charge in [-0.3, -0.25) is 0 Å². The van der Waals surface area contributed by atoms with Gasteiger partial charge in [0.25, 0.3) is 0 Å². The van der Waals surface area contributed by atoms with Crippen molar-refractivity contribution in [2.75, 3.05) is 0 Å². The first-order valence-corrected chi connectivity index (χ1v) is 3.93. The second-order valence-electron chi connectivity index (χ2n) is 2.17. The molecule has 0 bridgehead atoms. The second kappa shape index (κ2) is 2.11. The zero-order chi connectivity index (χ0) is 6.15. The molecule has 2 heteroatoms. The zero-order valence-corrected chi connectivity index (χ0v) is 7.39. The summed E-state index contributed by atoms with van der Waals surface area (Å²) < 4.78 is 1.38. The van der Waals surface area contributed by atoms with E-state index in [0.29, 0.717) is 5.92 Å². The van der Waals surface area contributed by atoms with Crippen molar-refractivity contribution >= 4 is 4.19 Å². The van der Waals surface area contributed by atoms with Crippen molar-refractivity contribution in [3.63, 3.8) is 0 Å². The van der Waals surface area contributed by atoms with Crippen LogP contribution >= 0.6 is 0 Å². The monoisotopic (exact) mass is 287 g/mol. The Bertz CT molecular complexity index is 139. The van der Waals surface area contributed by atoms with Crippen LogP contribution in [0.15, 0.2) is 12.3 Å². The van der Waals surface area contributed by atoms with Gasteiger partial charge in [-0.05, 0) is 0 Å². The normalized spacial score (nSPS) is 28.5. The van der Waals surface area contributed by atoms with Crippen molar-refractivity contribution in [1.29, 1.82) is 0 Å². The Morgan fingerprint density at radius 1 is 1.88 bits per heavy atom. The SMILES string of the molecule is C=C1CC(C)[C](=[Os])N1. The molecule has 0 radical (unpaired) electrons. The van der Waals surface area contributed by atoms with Gasteiger partial charge in [0.2, 0.25) is 0 Å². The standard InChI is InChI=1S/C6H9N.Os/c1-5-3-6(2)7-4-5;/h5,7H,2-3H2,1H3;. The third kappa shape index (κ3) is 1.06. The van der Waals surface area contributed by atoms with Crippen LogP contribution in [0.4, 0.5) is 0 Å². The van der Waals surface area contributed by atoms with E-state index < -0.39 is 0 Å². The average molecular weight is 285 g/mol. The maximum atomic E-state index is 3.83. The van der Waals surface area contributed by atoms with E-state index >= 15 is 0 Å². The number of allylic oxidation sites excluding steroid dienone is 1. The third-order valence-corrected chi connectivity index (χ3v) is 2.84. The van der Waals surface area contributed by atoms with Crippen molar-refractivity contribution in [1.82, 2.24) is 5.32 Å². The Labute approximate surface area is 59.6 Å². The van der Waals surface area contributed by atoms with Crippen molar-refractivity contribution in [2.24, 2.45) is 5.92 Å². The molecule has 1 heterocycles. The predicted molar refractivity (Wildman–Crippen MR) is 31.1 cm³/mol. The predicted octanol–water partition coefficient (Wildman–Crippen LogP) is 0.806. The van der Waals surface area contributed by atoms with Gasteiger partial charge in [-0.25, -0.2) is 0 Å². The van der Waals surface area contributed by atoms with E-state index in [1.165, 1.54) is 9.89 Å². The summed E-state index contributed by atoms with van der Waals surface area (Å²) in [7, 11) is 0. The second-order valence-corrected chi connectivity index (χ2v) is 3.54. The third-order valence-electron chi connectivity index (χ3n) is 1.27. The molecule has 0 aromatic heterocycles. The van der Waals surface area contributed by atoms with Crippen molar-refractivity contribution < 1.29 is 18.1 Å². The molecule has 1 saturated heterocycles. The van der Waals surface area contributed by atoms with Crippen LogP contribution in [0, 0.1) is 5.92 Å². The number of nitrogens with one attached hydrogen (secondary N) is 1.